The minimum atomic E-state index is -4.62. The number of allylic oxidation sites excluding steroid dienone is 6. The largest absolute Gasteiger partial charge is 0.756 e. The molecule has 0 aromatic rings. The SMILES string of the molecule is CCCC/C=C/C/C=C/CCCCCCCC(=O)OC[C@H](COP(=O)([O-])OCC[N+](C)(C)C)OC(=O)CCCCCCCCCCC/C=C/CCCC. The summed E-state index contributed by atoms with van der Waals surface area (Å²) in [7, 11) is 1.15. The zero-order chi connectivity index (χ0) is 39.3. The maximum atomic E-state index is 12.6. The lowest BCUT2D eigenvalue weighted by molar-refractivity contribution is -0.870. The van der Waals surface area contributed by atoms with Crippen LogP contribution in [0.3, 0.4) is 0 Å². The van der Waals surface area contributed by atoms with Crippen molar-refractivity contribution >= 4 is 19.8 Å². The standard InChI is InChI=1S/C43H80NO8P/c1-6-8-10-12-14-16-18-20-22-24-26-28-30-32-34-36-43(46)52-41(40-51-53(47,48)50-38-37-44(3,4)5)39-49-42(45)35-33-31-29-27-25-23-21-19-17-15-13-11-9-7-2/h12-15,19,21,41H,6-11,16-18,20,22-40H2,1-5H3/b14-12+,15-13+,21-19+/t41-/m1/s1. The Balaban J connectivity index is 4.40. The molecule has 0 aliphatic rings. The molecule has 53 heavy (non-hydrogen) atoms. The number of rotatable bonds is 38. The number of carbonyl (C=O) groups excluding carboxylic acids is 2. The molecule has 0 radical (unpaired) electrons. The lowest BCUT2D eigenvalue weighted by Gasteiger charge is -2.28. The zero-order valence-corrected chi connectivity index (χ0v) is 35.6. The van der Waals surface area contributed by atoms with E-state index >= 15 is 0 Å². The van der Waals surface area contributed by atoms with E-state index in [4.69, 9.17) is 18.5 Å². The highest BCUT2D eigenvalue weighted by Crippen LogP contribution is 2.38. The van der Waals surface area contributed by atoms with E-state index in [1.54, 1.807) is 0 Å². The van der Waals surface area contributed by atoms with Crippen LogP contribution in [-0.2, 0) is 32.7 Å². The van der Waals surface area contributed by atoms with E-state index in [1.165, 1.54) is 70.6 Å². The summed E-state index contributed by atoms with van der Waals surface area (Å²) < 4.78 is 33.8. The van der Waals surface area contributed by atoms with Crippen LogP contribution in [0.2, 0.25) is 0 Å². The van der Waals surface area contributed by atoms with Gasteiger partial charge in [-0.3, -0.25) is 14.2 Å². The van der Waals surface area contributed by atoms with Crippen LogP contribution in [-0.4, -0.2) is 70.0 Å². The van der Waals surface area contributed by atoms with E-state index in [-0.39, 0.29) is 26.1 Å². The van der Waals surface area contributed by atoms with Gasteiger partial charge in [0.05, 0.1) is 27.7 Å². The quantitative estimate of drug-likeness (QED) is 0.0201. The molecule has 0 rings (SSSR count). The number of hydrogen-bond acceptors (Lipinski definition) is 8. The fourth-order valence-corrected chi connectivity index (χ4v) is 6.20. The Labute approximate surface area is 325 Å². The number of carbonyl (C=O) groups is 2. The van der Waals surface area contributed by atoms with Crippen molar-refractivity contribution in [3.63, 3.8) is 0 Å². The van der Waals surface area contributed by atoms with Gasteiger partial charge in [0.1, 0.15) is 19.8 Å². The van der Waals surface area contributed by atoms with Crippen molar-refractivity contribution in [2.45, 2.75) is 180 Å². The van der Waals surface area contributed by atoms with Gasteiger partial charge in [-0.05, 0) is 57.8 Å². The maximum Gasteiger partial charge on any atom is 0.306 e. The molecule has 2 atom stereocenters. The minimum absolute atomic E-state index is 0.0337. The Morgan fingerprint density at radius 3 is 1.51 bits per heavy atom. The second kappa shape index (κ2) is 35.9. The summed E-state index contributed by atoms with van der Waals surface area (Å²) in [5, 5.41) is 0. The topological polar surface area (TPSA) is 111 Å². The summed E-state index contributed by atoms with van der Waals surface area (Å²) in [4.78, 5) is 37.5. The molecule has 0 saturated heterocycles. The second-order valence-electron chi connectivity index (χ2n) is 15.3. The van der Waals surface area contributed by atoms with Crippen LogP contribution in [0, 0.1) is 0 Å². The number of phosphoric ester groups is 1. The fraction of sp³-hybridized carbons (Fsp3) is 0.814. The van der Waals surface area contributed by atoms with Crippen molar-refractivity contribution < 1.29 is 42.1 Å². The highest BCUT2D eigenvalue weighted by molar-refractivity contribution is 7.45. The number of esters is 2. The molecule has 10 heteroatoms. The summed E-state index contributed by atoms with van der Waals surface area (Å²) in [6.45, 7) is 4.13. The first-order chi connectivity index (χ1) is 25.5. The lowest BCUT2D eigenvalue weighted by Crippen LogP contribution is -2.37. The van der Waals surface area contributed by atoms with Gasteiger partial charge in [-0.25, -0.2) is 0 Å². The number of unbranched alkanes of at least 4 members (excludes halogenated alkanes) is 18. The molecule has 310 valence electrons. The predicted octanol–water partition coefficient (Wildman–Crippen LogP) is 11.1. The summed E-state index contributed by atoms with van der Waals surface area (Å²) >= 11 is 0. The second-order valence-corrected chi connectivity index (χ2v) is 16.8. The van der Waals surface area contributed by atoms with Crippen LogP contribution in [0.1, 0.15) is 174 Å². The van der Waals surface area contributed by atoms with Gasteiger partial charge >= 0.3 is 11.9 Å². The molecule has 1 unspecified atom stereocenters. The van der Waals surface area contributed by atoms with Crippen molar-refractivity contribution in [2.75, 3.05) is 47.5 Å². The lowest BCUT2D eigenvalue weighted by atomic mass is 10.1. The monoisotopic (exact) mass is 770 g/mol. The first-order valence-electron chi connectivity index (χ1n) is 21.2. The third-order valence-corrected chi connectivity index (χ3v) is 9.85. The Morgan fingerprint density at radius 1 is 0.585 bits per heavy atom. The Hall–Kier alpha value is -1.77. The van der Waals surface area contributed by atoms with E-state index in [0.29, 0.717) is 23.9 Å². The van der Waals surface area contributed by atoms with Gasteiger partial charge in [-0.2, -0.15) is 0 Å². The molecule has 0 spiro atoms. The van der Waals surface area contributed by atoms with E-state index < -0.39 is 32.5 Å². The Kier molecular flexibility index (Phi) is 34.7. The number of likely N-dealkylation sites (N-methyl/N-ethyl adjacent to an activating group) is 1. The van der Waals surface area contributed by atoms with E-state index in [2.05, 4.69) is 50.3 Å². The van der Waals surface area contributed by atoms with Gasteiger partial charge in [-0.15, -0.1) is 0 Å². The van der Waals surface area contributed by atoms with E-state index in [9.17, 15) is 19.0 Å². The molecular weight excluding hydrogens is 689 g/mol. The Morgan fingerprint density at radius 2 is 1.02 bits per heavy atom. The molecule has 0 fully saturated rings. The summed E-state index contributed by atoms with van der Waals surface area (Å²) in [6.07, 6.45) is 38.8. The smallest absolute Gasteiger partial charge is 0.306 e. The van der Waals surface area contributed by atoms with Crippen molar-refractivity contribution in [1.29, 1.82) is 0 Å². The summed E-state index contributed by atoms with van der Waals surface area (Å²) in [5.74, 6) is -0.854. The molecule has 0 bridgehead atoms. The number of hydrogen-bond donors (Lipinski definition) is 0. The van der Waals surface area contributed by atoms with Crippen LogP contribution in [0.5, 0.6) is 0 Å². The molecular formula is C43H80NO8P. The summed E-state index contributed by atoms with van der Waals surface area (Å²) in [6, 6.07) is 0. The van der Waals surface area contributed by atoms with Crippen LogP contribution in [0.4, 0.5) is 0 Å². The normalized spacial score (nSPS) is 14.0. The van der Waals surface area contributed by atoms with Crippen molar-refractivity contribution in [2.24, 2.45) is 0 Å². The highest BCUT2D eigenvalue weighted by Gasteiger charge is 2.21. The number of phosphoric acid groups is 1. The van der Waals surface area contributed by atoms with Gasteiger partial charge in [0, 0.05) is 12.8 Å². The number of nitrogens with zero attached hydrogens (tertiary/aromatic N) is 1. The summed E-state index contributed by atoms with van der Waals surface area (Å²) in [5.41, 5.74) is 0. The highest BCUT2D eigenvalue weighted by atomic mass is 31.2. The predicted molar refractivity (Wildman–Crippen MR) is 217 cm³/mol. The van der Waals surface area contributed by atoms with Gasteiger partial charge < -0.3 is 27.9 Å². The molecule has 0 amide bonds. The minimum Gasteiger partial charge on any atom is -0.756 e. The average Bonchev–Trinajstić information content (AvgIpc) is 3.10. The molecule has 0 N–H and O–H groups in total. The van der Waals surface area contributed by atoms with E-state index in [0.717, 1.165) is 64.2 Å². The van der Waals surface area contributed by atoms with Crippen molar-refractivity contribution in [1.82, 2.24) is 0 Å². The maximum absolute atomic E-state index is 12.6. The molecule has 0 aliphatic heterocycles. The third kappa shape index (κ3) is 39.7. The fourth-order valence-electron chi connectivity index (χ4n) is 5.47. The molecule has 0 aliphatic carbocycles. The molecule has 9 nitrogen and oxygen atoms in total. The van der Waals surface area contributed by atoms with Gasteiger partial charge in [-0.1, -0.05) is 140 Å². The Bertz CT molecular complexity index is 1010. The van der Waals surface area contributed by atoms with Crippen LogP contribution < -0.4 is 4.89 Å². The van der Waals surface area contributed by atoms with Crippen molar-refractivity contribution in [3.05, 3.63) is 36.5 Å². The van der Waals surface area contributed by atoms with Crippen LogP contribution >= 0.6 is 7.82 Å². The van der Waals surface area contributed by atoms with Gasteiger partial charge in [0.2, 0.25) is 0 Å². The van der Waals surface area contributed by atoms with Gasteiger partial charge in [0.25, 0.3) is 7.82 Å². The first kappa shape index (κ1) is 51.2. The van der Waals surface area contributed by atoms with E-state index in [1.807, 2.05) is 21.1 Å². The van der Waals surface area contributed by atoms with Crippen LogP contribution in [0.25, 0.3) is 0 Å². The third-order valence-electron chi connectivity index (χ3n) is 8.88. The molecule has 0 heterocycles. The zero-order valence-electron chi connectivity index (χ0n) is 34.7. The molecule has 0 aromatic heterocycles. The van der Waals surface area contributed by atoms with Crippen molar-refractivity contribution in [3.8, 4) is 0 Å². The number of quaternary nitrogens is 1. The average molecular weight is 770 g/mol. The molecule has 0 aromatic carbocycles. The number of ether oxygens (including phenoxy) is 2. The van der Waals surface area contributed by atoms with Crippen LogP contribution in [0.15, 0.2) is 36.5 Å². The first-order valence-corrected chi connectivity index (χ1v) is 22.7. The van der Waals surface area contributed by atoms with Gasteiger partial charge in [0.15, 0.2) is 6.10 Å². The molecule has 0 saturated carbocycles.